The Morgan fingerprint density at radius 1 is 1.33 bits per heavy atom. The first-order valence-corrected chi connectivity index (χ1v) is 7.02. The van der Waals surface area contributed by atoms with Gasteiger partial charge in [-0.15, -0.1) is 0 Å². The third-order valence-electron chi connectivity index (χ3n) is 3.22. The van der Waals surface area contributed by atoms with E-state index in [1.807, 2.05) is 19.1 Å². The molecule has 1 aliphatic heterocycles. The number of para-hydroxylation sites is 1. The van der Waals surface area contributed by atoms with Crippen molar-refractivity contribution in [2.24, 2.45) is 0 Å². The third-order valence-corrected chi connectivity index (χ3v) is 3.42. The van der Waals surface area contributed by atoms with Crippen LogP contribution in [0.2, 0.25) is 5.15 Å². The number of benzene rings is 1. The van der Waals surface area contributed by atoms with E-state index in [0.29, 0.717) is 42.0 Å². The molecule has 21 heavy (non-hydrogen) atoms. The Hall–Kier alpha value is -2.14. The summed E-state index contributed by atoms with van der Waals surface area (Å²) in [5.41, 5.74) is 1.35. The molecule has 1 aromatic carbocycles. The number of hydrogen-bond donors (Lipinski definition) is 0. The summed E-state index contributed by atoms with van der Waals surface area (Å²) in [4.78, 5) is 22.7. The van der Waals surface area contributed by atoms with E-state index in [-0.39, 0.29) is 5.91 Å². The molecule has 108 valence electrons. The SMILES string of the molecule is Cc1cc(Cl)nc(CN2CCOc3ccccc3C2=O)n1. The highest BCUT2D eigenvalue weighted by atomic mass is 35.5. The van der Waals surface area contributed by atoms with Crippen LogP contribution in [0.15, 0.2) is 30.3 Å². The number of aromatic nitrogens is 2. The lowest BCUT2D eigenvalue weighted by Crippen LogP contribution is -2.32. The first-order valence-electron chi connectivity index (χ1n) is 6.64. The van der Waals surface area contributed by atoms with Gasteiger partial charge in [-0.25, -0.2) is 9.97 Å². The average molecular weight is 304 g/mol. The van der Waals surface area contributed by atoms with E-state index >= 15 is 0 Å². The standard InChI is InChI=1S/C15H14ClN3O2/c1-10-8-13(16)18-14(17-10)9-19-6-7-21-12-5-3-2-4-11(12)15(19)20/h2-5,8H,6-7,9H2,1H3. The molecule has 2 aromatic rings. The highest BCUT2D eigenvalue weighted by Gasteiger charge is 2.23. The van der Waals surface area contributed by atoms with Crippen LogP contribution in [-0.2, 0) is 6.54 Å². The van der Waals surface area contributed by atoms with Crippen LogP contribution in [0.3, 0.4) is 0 Å². The normalized spacial score (nSPS) is 14.4. The number of aryl methyl sites for hydroxylation is 1. The summed E-state index contributed by atoms with van der Waals surface area (Å²) < 4.78 is 5.60. The summed E-state index contributed by atoms with van der Waals surface area (Å²) in [6.07, 6.45) is 0. The zero-order chi connectivity index (χ0) is 14.8. The minimum atomic E-state index is -0.0793. The number of carbonyl (C=O) groups excluding carboxylic acids is 1. The van der Waals surface area contributed by atoms with Crippen LogP contribution in [-0.4, -0.2) is 33.9 Å². The van der Waals surface area contributed by atoms with E-state index in [1.165, 1.54) is 0 Å². The molecule has 0 radical (unpaired) electrons. The molecule has 0 fully saturated rings. The fourth-order valence-electron chi connectivity index (χ4n) is 2.29. The molecule has 0 bridgehead atoms. The van der Waals surface area contributed by atoms with E-state index in [1.54, 1.807) is 23.1 Å². The van der Waals surface area contributed by atoms with E-state index in [2.05, 4.69) is 9.97 Å². The van der Waals surface area contributed by atoms with Gasteiger partial charge in [0.25, 0.3) is 5.91 Å². The zero-order valence-electron chi connectivity index (χ0n) is 11.5. The number of halogens is 1. The van der Waals surface area contributed by atoms with Crippen LogP contribution in [0.4, 0.5) is 0 Å². The van der Waals surface area contributed by atoms with Gasteiger partial charge in [-0.3, -0.25) is 4.79 Å². The molecule has 5 nitrogen and oxygen atoms in total. The van der Waals surface area contributed by atoms with Crippen LogP contribution < -0.4 is 4.74 Å². The van der Waals surface area contributed by atoms with Gasteiger partial charge in [0.1, 0.15) is 23.3 Å². The van der Waals surface area contributed by atoms with Crippen molar-refractivity contribution in [3.05, 3.63) is 52.6 Å². The Morgan fingerprint density at radius 3 is 2.95 bits per heavy atom. The van der Waals surface area contributed by atoms with Gasteiger partial charge < -0.3 is 9.64 Å². The summed E-state index contributed by atoms with van der Waals surface area (Å²) in [5.74, 6) is 1.07. The fraction of sp³-hybridized carbons (Fsp3) is 0.267. The topological polar surface area (TPSA) is 55.3 Å². The Balaban J connectivity index is 1.87. The Morgan fingerprint density at radius 2 is 2.14 bits per heavy atom. The van der Waals surface area contributed by atoms with E-state index in [9.17, 15) is 4.79 Å². The molecule has 3 rings (SSSR count). The van der Waals surface area contributed by atoms with Crippen LogP contribution in [0.25, 0.3) is 0 Å². The average Bonchev–Trinajstić information content (AvgIpc) is 2.59. The molecular formula is C15H14ClN3O2. The molecule has 6 heteroatoms. The van der Waals surface area contributed by atoms with Gasteiger partial charge in [0, 0.05) is 5.69 Å². The molecule has 0 spiro atoms. The van der Waals surface area contributed by atoms with Crippen molar-refractivity contribution < 1.29 is 9.53 Å². The van der Waals surface area contributed by atoms with Crippen molar-refractivity contribution in [3.8, 4) is 5.75 Å². The molecule has 0 saturated carbocycles. The molecule has 1 aromatic heterocycles. The van der Waals surface area contributed by atoms with Gasteiger partial charge in [-0.05, 0) is 25.1 Å². The molecule has 0 saturated heterocycles. The molecule has 2 heterocycles. The number of fused-ring (bicyclic) bond motifs is 1. The molecule has 0 atom stereocenters. The Bertz CT molecular complexity index is 670. The van der Waals surface area contributed by atoms with E-state index in [4.69, 9.17) is 16.3 Å². The maximum atomic E-state index is 12.6. The Kier molecular flexibility index (Phi) is 3.75. The van der Waals surface area contributed by atoms with Gasteiger partial charge >= 0.3 is 0 Å². The van der Waals surface area contributed by atoms with Gasteiger partial charge in [0.05, 0.1) is 18.7 Å². The second-order valence-electron chi connectivity index (χ2n) is 4.82. The minimum absolute atomic E-state index is 0.0793. The number of amides is 1. The summed E-state index contributed by atoms with van der Waals surface area (Å²) in [6.45, 7) is 3.10. The Labute approximate surface area is 127 Å². The van der Waals surface area contributed by atoms with Crippen LogP contribution in [0, 0.1) is 6.92 Å². The number of hydrogen-bond acceptors (Lipinski definition) is 4. The number of ether oxygens (including phenoxy) is 1. The van der Waals surface area contributed by atoms with Gasteiger partial charge in [0.2, 0.25) is 0 Å². The van der Waals surface area contributed by atoms with E-state index < -0.39 is 0 Å². The quantitative estimate of drug-likeness (QED) is 0.800. The highest BCUT2D eigenvalue weighted by molar-refractivity contribution is 6.29. The third kappa shape index (κ3) is 2.97. The smallest absolute Gasteiger partial charge is 0.258 e. The first-order chi connectivity index (χ1) is 10.1. The summed E-state index contributed by atoms with van der Waals surface area (Å²) in [7, 11) is 0. The lowest BCUT2D eigenvalue weighted by atomic mass is 10.2. The summed E-state index contributed by atoms with van der Waals surface area (Å²) in [5, 5.41) is 0.386. The molecule has 0 unspecified atom stereocenters. The largest absolute Gasteiger partial charge is 0.491 e. The lowest BCUT2D eigenvalue weighted by molar-refractivity contribution is 0.0738. The van der Waals surface area contributed by atoms with Crippen molar-refractivity contribution in [1.82, 2.24) is 14.9 Å². The maximum Gasteiger partial charge on any atom is 0.258 e. The fourth-order valence-corrected chi connectivity index (χ4v) is 2.54. The number of rotatable bonds is 2. The monoisotopic (exact) mass is 303 g/mol. The van der Waals surface area contributed by atoms with Gasteiger partial charge in [0.15, 0.2) is 0 Å². The van der Waals surface area contributed by atoms with Crippen LogP contribution >= 0.6 is 11.6 Å². The predicted molar refractivity (Wildman–Crippen MR) is 78.5 cm³/mol. The lowest BCUT2D eigenvalue weighted by Gasteiger charge is -2.19. The second kappa shape index (κ2) is 5.69. The number of nitrogens with zero attached hydrogens (tertiary/aromatic N) is 3. The minimum Gasteiger partial charge on any atom is -0.491 e. The van der Waals surface area contributed by atoms with Crippen molar-refractivity contribution in [2.75, 3.05) is 13.2 Å². The summed E-state index contributed by atoms with van der Waals surface area (Å²) in [6, 6.07) is 8.93. The number of carbonyl (C=O) groups is 1. The van der Waals surface area contributed by atoms with Crippen molar-refractivity contribution in [3.63, 3.8) is 0 Å². The highest BCUT2D eigenvalue weighted by Crippen LogP contribution is 2.23. The van der Waals surface area contributed by atoms with E-state index in [0.717, 1.165) is 5.69 Å². The first kappa shape index (κ1) is 13.8. The maximum absolute atomic E-state index is 12.6. The van der Waals surface area contributed by atoms with Crippen LogP contribution in [0.5, 0.6) is 5.75 Å². The van der Waals surface area contributed by atoms with Gasteiger partial charge in [-0.2, -0.15) is 0 Å². The summed E-state index contributed by atoms with van der Waals surface area (Å²) >= 11 is 5.94. The van der Waals surface area contributed by atoms with Crippen molar-refractivity contribution in [2.45, 2.75) is 13.5 Å². The van der Waals surface area contributed by atoms with Crippen molar-refractivity contribution in [1.29, 1.82) is 0 Å². The molecular weight excluding hydrogens is 290 g/mol. The molecule has 0 N–H and O–H groups in total. The predicted octanol–water partition coefficient (Wildman–Crippen LogP) is 2.47. The van der Waals surface area contributed by atoms with Crippen molar-refractivity contribution >= 4 is 17.5 Å². The molecule has 0 aliphatic carbocycles. The zero-order valence-corrected chi connectivity index (χ0v) is 12.3. The molecule has 1 aliphatic rings. The van der Waals surface area contributed by atoms with Crippen LogP contribution in [0.1, 0.15) is 21.9 Å². The molecule has 1 amide bonds. The van der Waals surface area contributed by atoms with Gasteiger partial charge in [-0.1, -0.05) is 23.7 Å². The second-order valence-corrected chi connectivity index (χ2v) is 5.21.